The summed E-state index contributed by atoms with van der Waals surface area (Å²) < 4.78 is 33.1. The maximum absolute atomic E-state index is 12.9. The molecule has 1 aromatic carbocycles. The van der Waals surface area contributed by atoms with Gasteiger partial charge in [0.05, 0.1) is 12.3 Å². The summed E-state index contributed by atoms with van der Waals surface area (Å²) >= 11 is 3.31. The van der Waals surface area contributed by atoms with Crippen LogP contribution in [0.3, 0.4) is 0 Å². The molecule has 2 aromatic rings. The van der Waals surface area contributed by atoms with Crippen LogP contribution >= 0.6 is 15.9 Å². The summed E-state index contributed by atoms with van der Waals surface area (Å²) in [6.45, 7) is 5.86. The van der Waals surface area contributed by atoms with Crippen LogP contribution in [0.4, 0.5) is 0 Å². The van der Waals surface area contributed by atoms with Crippen LogP contribution in [0.5, 0.6) is 5.75 Å². The van der Waals surface area contributed by atoms with E-state index in [4.69, 9.17) is 4.74 Å². The summed E-state index contributed by atoms with van der Waals surface area (Å²) in [5.74, 6) is 0.851. The molecule has 0 unspecified atom stereocenters. The van der Waals surface area contributed by atoms with Crippen LogP contribution in [0, 0.1) is 6.92 Å². The first-order valence-corrected chi connectivity index (χ1v) is 8.86. The Morgan fingerprint density at radius 2 is 2.05 bits per heavy atom. The number of ether oxygens (including phenoxy) is 1. The van der Waals surface area contributed by atoms with Crippen molar-refractivity contribution >= 4 is 26.0 Å². The summed E-state index contributed by atoms with van der Waals surface area (Å²) in [4.78, 5) is 4.38. The standard InChI is InChI=1S/C14H17BrN2O3S/c1-4-14-16-10(3)9-17(14)21(18,19)13-8-11(15)6-7-12(13)20-5-2/h6-9H,4-5H2,1-3H3. The molecule has 21 heavy (non-hydrogen) atoms. The second-order valence-electron chi connectivity index (χ2n) is 4.48. The number of imidazole rings is 1. The molecular weight excluding hydrogens is 356 g/mol. The SMILES string of the molecule is CCOc1ccc(Br)cc1S(=O)(=O)n1cc(C)nc1CC. The van der Waals surface area contributed by atoms with Gasteiger partial charge in [-0.15, -0.1) is 0 Å². The van der Waals surface area contributed by atoms with Crippen molar-refractivity contribution in [2.45, 2.75) is 32.1 Å². The Kier molecular flexibility index (Phi) is 4.73. The highest BCUT2D eigenvalue weighted by Crippen LogP contribution is 2.30. The molecule has 0 atom stereocenters. The van der Waals surface area contributed by atoms with Crippen LogP contribution in [-0.4, -0.2) is 24.0 Å². The molecule has 7 heteroatoms. The predicted octanol–water partition coefficient (Wildman–Crippen LogP) is 3.15. The van der Waals surface area contributed by atoms with Gasteiger partial charge in [0.2, 0.25) is 0 Å². The minimum absolute atomic E-state index is 0.130. The Hall–Kier alpha value is -1.34. The molecule has 0 aliphatic rings. The lowest BCUT2D eigenvalue weighted by Gasteiger charge is -2.13. The molecule has 0 aliphatic carbocycles. The van der Waals surface area contributed by atoms with Gasteiger partial charge in [0.15, 0.2) is 0 Å². The van der Waals surface area contributed by atoms with Gasteiger partial charge >= 0.3 is 0 Å². The van der Waals surface area contributed by atoms with Crippen LogP contribution in [0.25, 0.3) is 0 Å². The highest BCUT2D eigenvalue weighted by atomic mass is 79.9. The van der Waals surface area contributed by atoms with E-state index in [0.717, 1.165) is 0 Å². The van der Waals surface area contributed by atoms with E-state index in [1.54, 1.807) is 25.1 Å². The summed E-state index contributed by atoms with van der Waals surface area (Å²) in [6.07, 6.45) is 2.07. The van der Waals surface area contributed by atoms with Gasteiger partial charge in [0.1, 0.15) is 16.5 Å². The van der Waals surface area contributed by atoms with E-state index in [1.807, 2.05) is 13.8 Å². The van der Waals surface area contributed by atoms with Gasteiger partial charge < -0.3 is 4.74 Å². The van der Waals surface area contributed by atoms with Gasteiger partial charge in [-0.2, -0.15) is 0 Å². The number of aryl methyl sites for hydroxylation is 2. The molecule has 0 radical (unpaired) electrons. The molecule has 0 saturated carbocycles. The lowest BCUT2D eigenvalue weighted by Crippen LogP contribution is -2.16. The molecule has 1 heterocycles. The molecule has 5 nitrogen and oxygen atoms in total. The molecular formula is C14H17BrN2O3S. The van der Waals surface area contributed by atoms with Crippen LogP contribution in [-0.2, 0) is 16.4 Å². The minimum Gasteiger partial charge on any atom is -0.492 e. The van der Waals surface area contributed by atoms with Crippen LogP contribution < -0.4 is 4.74 Å². The fourth-order valence-electron chi connectivity index (χ4n) is 2.03. The van der Waals surface area contributed by atoms with Crippen LogP contribution in [0.2, 0.25) is 0 Å². The topological polar surface area (TPSA) is 61.2 Å². The van der Waals surface area contributed by atoms with Gasteiger partial charge in [0, 0.05) is 17.1 Å². The Labute approximate surface area is 133 Å². The fourth-order valence-corrected chi connectivity index (χ4v) is 4.15. The summed E-state index contributed by atoms with van der Waals surface area (Å²) in [5.41, 5.74) is 0.670. The molecule has 0 spiro atoms. The molecule has 114 valence electrons. The first-order valence-electron chi connectivity index (χ1n) is 6.63. The average Bonchev–Trinajstić information content (AvgIpc) is 2.83. The van der Waals surface area contributed by atoms with Crippen LogP contribution in [0.1, 0.15) is 25.4 Å². The van der Waals surface area contributed by atoms with Crippen molar-refractivity contribution in [1.82, 2.24) is 8.96 Å². The third kappa shape index (κ3) is 3.13. The van der Waals surface area contributed by atoms with Gasteiger partial charge in [-0.1, -0.05) is 22.9 Å². The van der Waals surface area contributed by atoms with Gasteiger partial charge in [-0.05, 0) is 32.0 Å². The molecule has 0 bridgehead atoms. The number of benzene rings is 1. The highest BCUT2D eigenvalue weighted by Gasteiger charge is 2.25. The molecule has 1 aromatic heterocycles. The van der Waals surface area contributed by atoms with E-state index in [1.165, 1.54) is 10.2 Å². The van der Waals surface area contributed by atoms with Crippen LogP contribution in [0.15, 0.2) is 33.8 Å². The zero-order valence-electron chi connectivity index (χ0n) is 12.1. The molecule has 0 saturated heterocycles. The van der Waals surface area contributed by atoms with Crippen molar-refractivity contribution in [3.05, 3.63) is 40.4 Å². The average molecular weight is 373 g/mol. The third-order valence-electron chi connectivity index (χ3n) is 2.92. The van der Waals surface area contributed by atoms with Crippen molar-refractivity contribution in [2.24, 2.45) is 0 Å². The third-order valence-corrected chi connectivity index (χ3v) is 5.12. The van der Waals surface area contributed by atoms with E-state index in [-0.39, 0.29) is 4.90 Å². The Morgan fingerprint density at radius 3 is 2.67 bits per heavy atom. The number of aromatic nitrogens is 2. The second kappa shape index (κ2) is 6.19. The quantitative estimate of drug-likeness (QED) is 0.808. The largest absolute Gasteiger partial charge is 0.492 e. The summed E-state index contributed by atoms with van der Waals surface area (Å²) in [6, 6.07) is 4.95. The minimum atomic E-state index is -3.74. The molecule has 2 rings (SSSR count). The predicted molar refractivity (Wildman–Crippen MR) is 84.2 cm³/mol. The van der Waals surface area contributed by atoms with E-state index < -0.39 is 10.0 Å². The van der Waals surface area contributed by atoms with Crippen molar-refractivity contribution in [3.63, 3.8) is 0 Å². The second-order valence-corrected chi connectivity index (χ2v) is 7.18. The number of hydrogen-bond acceptors (Lipinski definition) is 4. The first-order chi connectivity index (χ1) is 9.90. The van der Waals surface area contributed by atoms with Crippen molar-refractivity contribution in [1.29, 1.82) is 0 Å². The Bertz CT molecular complexity index is 754. The van der Waals surface area contributed by atoms with E-state index >= 15 is 0 Å². The number of halogens is 1. The number of hydrogen-bond donors (Lipinski definition) is 0. The smallest absolute Gasteiger partial charge is 0.272 e. The van der Waals surface area contributed by atoms with Crippen molar-refractivity contribution in [2.75, 3.05) is 6.61 Å². The Balaban J connectivity index is 2.66. The number of rotatable bonds is 5. The van der Waals surface area contributed by atoms with E-state index in [9.17, 15) is 8.42 Å². The monoisotopic (exact) mass is 372 g/mol. The van der Waals surface area contributed by atoms with E-state index in [0.29, 0.717) is 34.8 Å². The lowest BCUT2D eigenvalue weighted by atomic mass is 10.3. The molecule has 0 N–H and O–H groups in total. The maximum Gasteiger partial charge on any atom is 0.272 e. The van der Waals surface area contributed by atoms with E-state index in [2.05, 4.69) is 20.9 Å². The zero-order chi connectivity index (χ0) is 15.6. The van der Waals surface area contributed by atoms with Gasteiger partial charge in [-0.25, -0.2) is 17.4 Å². The zero-order valence-corrected chi connectivity index (χ0v) is 14.5. The normalized spacial score (nSPS) is 11.6. The van der Waals surface area contributed by atoms with Crippen molar-refractivity contribution < 1.29 is 13.2 Å². The molecule has 0 aliphatic heterocycles. The number of nitrogens with zero attached hydrogens (tertiary/aromatic N) is 2. The highest BCUT2D eigenvalue weighted by molar-refractivity contribution is 9.10. The van der Waals surface area contributed by atoms with Crippen molar-refractivity contribution in [3.8, 4) is 5.75 Å². The summed E-state index contributed by atoms with van der Waals surface area (Å²) in [7, 11) is -3.74. The lowest BCUT2D eigenvalue weighted by molar-refractivity contribution is 0.331. The molecule has 0 amide bonds. The molecule has 0 fully saturated rings. The summed E-state index contributed by atoms with van der Waals surface area (Å²) in [5, 5.41) is 0. The van der Waals surface area contributed by atoms with Gasteiger partial charge in [0.25, 0.3) is 10.0 Å². The fraction of sp³-hybridized carbons (Fsp3) is 0.357. The van der Waals surface area contributed by atoms with Gasteiger partial charge in [-0.3, -0.25) is 0 Å². The maximum atomic E-state index is 12.9. The Morgan fingerprint density at radius 1 is 1.33 bits per heavy atom. The first kappa shape index (κ1) is 16.0.